The highest BCUT2D eigenvalue weighted by molar-refractivity contribution is 5.77. The molecule has 2 N–H and O–H groups in total. The van der Waals surface area contributed by atoms with E-state index in [1.54, 1.807) is 0 Å². The van der Waals surface area contributed by atoms with Crippen LogP contribution in [0.4, 0.5) is 0 Å². The minimum absolute atomic E-state index is 0.0490. The van der Waals surface area contributed by atoms with Crippen molar-refractivity contribution < 1.29 is 14.6 Å². The van der Waals surface area contributed by atoms with Gasteiger partial charge in [0.05, 0.1) is 5.60 Å². The second kappa shape index (κ2) is 5.47. The highest BCUT2D eigenvalue weighted by atomic mass is 16.5. The Morgan fingerprint density at radius 3 is 2.20 bits per heavy atom. The number of ether oxygens (including phenoxy) is 1. The molecule has 0 aromatic rings. The molecule has 0 spiro atoms. The number of hydrogen-bond acceptors (Lipinski definition) is 3. The molecule has 0 heterocycles. The van der Waals surface area contributed by atoms with Crippen molar-refractivity contribution in [2.75, 3.05) is 19.8 Å². The van der Waals surface area contributed by atoms with Gasteiger partial charge in [0, 0.05) is 18.6 Å². The Bertz CT molecular complexity index is 206. The fourth-order valence-electron chi connectivity index (χ4n) is 0.727. The van der Waals surface area contributed by atoms with Crippen molar-refractivity contribution in [3.05, 3.63) is 0 Å². The predicted octanol–water partition coefficient (Wildman–Crippen LogP) is 0.936. The third-order valence-electron chi connectivity index (χ3n) is 1.83. The van der Waals surface area contributed by atoms with E-state index in [9.17, 15) is 4.79 Å². The summed E-state index contributed by atoms with van der Waals surface area (Å²) in [5.74, 6) is -0.147. The van der Waals surface area contributed by atoms with Crippen LogP contribution in [0.3, 0.4) is 0 Å². The summed E-state index contributed by atoms with van der Waals surface area (Å²) in [6.45, 7) is 10.0. The van der Waals surface area contributed by atoms with Gasteiger partial charge in [0.1, 0.15) is 6.61 Å². The number of rotatable bonds is 5. The summed E-state index contributed by atoms with van der Waals surface area (Å²) in [5, 5.41) is 11.7. The molecule has 0 aromatic carbocycles. The average molecular weight is 217 g/mol. The van der Waals surface area contributed by atoms with Crippen LogP contribution in [0, 0.1) is 5.41 Å². The smallest absolute Gasteiger partial charge is 0.246 e. The summed E-state index contributed by atoms with van der Waals surface area (Å²) in [7, 11) is 0. The molecule has 0 aliphatic carbocycles. The summed E-state index contributed by atoms with van der Waals surface area (Å²) in [4.78, 5) is 11.3. The van der Waals surface area contributed by atoms with Crippen LogP contribution in [0.25, 0.3) is 0 Å². The number of hydrogen-bond donors (Lipinski definition) is 2. The van der Waals surface area contributed by atoms with Crippen LogP contribution < -0.4 is 5.32 Å². The minimum atomic E-state index is -0.302. The standard InChI is InChI=1S/C11H23NO3/c1-10(2,3)15-6-9(14)12-7-11(4,5)8-13/h13H,6-8H2,1-5H3,(H,12,14). The summed E-state index contributed by atoms with van der Waals surface area (Å²) in [6, 6.07) is 0. The van der Waals surface area contributed by atoms with Crippen LogP contribution in [0.5, 0.6) is 0 Å². The molecule has 0 saturated heterocycles. The van der Waals surface area contributed by atoms with Crippen molar-refractivity contribution in [3.8, 4) is 0 Å². The zero-order valence-corrected chi connectivity index (χ0v) is 10.4. The monoisotopic (exact) mass is 217 g/mol. The summed E-state index contributed by atoms with van der Waals surface area (Å²) in [5.41, 5.74) is -0.582. The quantitative estimate of drug-likeness (QED) is 0.720. The summed E-state index contributed by atoms with van der Waals surface area (Å²) < 4.78 is 5.32. The summed E-state index contributed by atoms with van der Waals surface area (Å²) in [6.07, 6.45) is 0. The zero-order valence-electron chi connectivity index (χ0n) is 10.4. The molecule has 0 saturated carbocycles. The van der Waals surface area contributed by atoms with Crippen molar-refractivity contribution in [1.82, 2.24) is 5.32 Å². The maximum Gasteiger partial charge on any atom is 0.246 e. The highest BCUT2D eigenvalue weighted by Crippen LogP contribution is 2.11. The number of nitrogens with one attached hydrogen (secondary N) is 1. The molecule has 90 valence electrons. The molecule has 0 unspecified atom stereocenters. The largest absolute Gasteiger partial charge is 0.396 e. The fourth-order valence-corrected chi connectivity index (χ4v) is 0.727. The molecule has 0 aliphatic rings. The van der Waals surface area contributed by atoms with E-state index in [2.05, 4.69) is 5.32 Å². The number of aliphatic hydroxyl groups excluding tert-OH is 1. The minimum Gasteiger partial charge on any atom is -0.396 e. The first-order valence-electron chi connectivity index (χ1n) is 5.18. The molecule has 0 radical (unpaired) electrons. The van der Waals surface area contributed by atoms with E-state index in [-0.39, 0.29) is 30.1 Å². The van der Waals surface area contributed by atoms with Gasteiger partial charge in [0.15, 0.2) is 0 Å². The Morgan fingerprint density at radius 2 is 1.80 bits per heavy atom. The van der Waals surface area contributed by atoms with E-state index in [0.29, 0.717) is 6.54 Å². The van der Waals surface area contributed by atoms with Crippen molar-refractivity contribution >= 4 is 5.91 Å². The maximum absolute atomic E-state index is 11.3. The van der Waals surface area contributed by atoms with Gasteiger partial charge in [0.2, 0.25) is 5.91 Å². The SMILES string of the molecule is CC(C)(CO)CNC(=O)COC(C)(C)C. The Hall–Kier alpha value is -0.610. The second-order valence-corrected chi connectivity index (χ2v) is 5.50. The number of amides is 1. The zero-order chi connectivity index (χ0) is 12.1. The van der Waals surface area contributed by atoms with Crippen LogP contribution in [-0.4, -0.2) is 36.4 Å². The van der Waals surface area contributed by atoms with E-state index < -0.39 is 0 Å². The molecule has 4 heteroatoms. The van der Waals surface area contributed by atoms with Crippen LogP contribution in [0.15, 0.2) is 0 Å². The first kappa shape index (κ1) is 14.4. The van der Waals surface area contributed by atoms with E-state index in [1.165, 1.54) is 0 Å². The Morgan fingerprint density at radius 1 is 1.27 bits per heavy atom. The molecule has 1 amide bonds. The van der Waals surface area contributed by atoms with Gasteiger partial charge in [-0.25, -0.2) is 0 Å². The molecule has 0 fully saturated rings. The van der Waals surface area contributed by atoms with Crippen molar-refractivity contribution in [2.24, 2.45) is 5.41 Å². The Balaban J connectivity index is 3.77. The van der Waals surface area contributed by atoms with Crippen LogP contribution >= 0.6 is 0 Å². The third-order valence-corrected chi connectivity index (χ3v) is 1.83. The lowest BCUT2D eigenvalue weighted by Gasteiger charge is -2.23. The van der Waals surface area contributed by atoms with Gasteiger partial charge in [-0.1, -0.05) is 13.8 Å². The molecule has 4 nitrogen and oxygen atoms in total. The fraction of sp³-hybridized carbons (Fsp3) is 0.909. The third kappa shape index (κ3) is 8.39. The maximum atomic E-state index is 11.3. The molecular weight excluding hydrogens is 194 g/mol. The lowest BCUT2D eigenvalue weighted by Crippen LogP contribution is -2.39. The van der Waals surface area contributed by atoms with Crippen molar-refractivity contribution in [3.63, 3.8) is 0 Å². The van der Waals surface area contributed by atoms with E-state index in [4.69, 9.17) is 9.84 Å². The van der Waals surface area contributed by atoms with Crippen LogP contribution in [0.1, 0.15) is 34.6 Å². The average Bonchev–Trinajstić information content (AvgIpc) is 2.10. The van der Waals surface area contributed by atoms with Crippen LogP contribution in [-0.2, 0) is 9.53 Å². The van der Waals surface area contributed by atoms with Crippen molar-refractivity contribution in [2.45, 2.75) is 40.2 Å². The van der Waals surface area contributed by atoms with Crippen molar-refractivity contribution in [1.29, 1.82) is 0 Å². The highest BCUT2D eigenvalue weighted by Gasteiger charge is 2.18. The number of carbonyl (C=O) groups is 1. The molecule has 15 heavy (non-hydrogen) atoms. The molecule has 0 aromatic heterocycles. The van der Waals surface area contributed by atoms with Gasteiger partial charge in [-0.15, -0.1) is 0 Å². The number of carbonyl (C=O) groups excluding carboxylic acids is 1. The molecule has 0 atom stereocenters. The normalized spacial score (nSPS) is 12.7. The van der Waals surface area contributed by atoms with Gasteiger partial charge >= 0.3 is 0 Å². The predicted molar refractivity (Wildman–Crippen MR) is 59.6 cm³/mol. The first-order chi connectivity index (χ1) is 6.66. The number of aliphatic hydroxyl groups is 1. The van der Waals surface area contributed by atoms with Gasteiger partial charge in [0.25, 0.3) is 0 Å². The van der Waals surface area contributed by atoms with Crippen LogP contribution in [0.2, 0.25) is 0 Å². The van der Waals surface area contributed by atoms with E-state index in [1.807, 2.05) is 34.6 Å². The van der Waals surface area contributed by atoms with E-state index in [0.717, 1.165) is 0 Å². The second-order valence-electron chi connectivity index (χ2n) is 5.50. The van der Waals surface area contributed by atoms with Gasteiger partial charge in [-0.2, -0.15) is 0 Å². The Kier molecular flexibility index (Phi) is 5.24. The molecule has 0 aliphatic heterocycles. The molecule has 0 bridgehead atoms. The molecular formula is C11H23NO3. The molecule has 0 rings (SSSR count). The lowest BCUT2D eigenvalue weighted by atomic mass is 9.95. The Labute approximate surface area is 92.0 Å². The van der Waals surface area contributed by atoms with E-state index >= 15 is 0 Å². The summed E-state index contributed by atoms with van der Waals surface area (Å²) >= 11 is 0. The topological polar surface area (TPSA) is 58.6 Å². The van der Waals surface area contributed by atoms with Gasteiger partial charge in [-0.3, -0.25) is 4.79 Å². The van der Waals surface area contributed by atoms with Gasteiger partial charge in [-0.05, 0) is 20.8 Å². The first-order valence-corrected chi connectivity index (χ1v) is 5.18. The van der Waals surface area contributed by atoms with Gasteiger partial charge < -0.3 is 15.2 Å². The lowest BCUT2D eigenvalue weighted by molar-refractivity contribution is -0.131.